The van der Waals surface area contributed by atoms with Crippen molar-refractivity contribution in [3.05, 3.63) is 71.8 Å². The second kappa shape index (κ2) is 4.45. The Kier molecular flexibility index (Phi) is 2.52. The minimum atomic E-state index is 0.796. The molecule has 0 radical (unpaired) electrons. The maximum Gasteiger partial charge on any atom is 0.0413 e. The number of hydrogen-bond donors (Lipinski definition) is 0. The first kappa shape index (κ1) is 12.5. The molecule has 1 heterocycles. The molecular formula is C20H11ClS. The van der Waals surface area contributed by atoms with Crippen molar-refractivity contribution in [2.24, 2.45) is 0 Å². The Hall–Kier alpha value is -2.09. The van der Waals surface area contributed by atoms with Crippen molar-refractivity contribution in [2.45, 2.75) is 0 Å². The van der Waals surface area contributed by atoms with Crippen LogP contribution in [0.3, 0.4) is 0 Å². The molecule has 0 fully saturated rings. The van der Waals surface area contributed by atoms with Crippen molar-refractivity contribution in [1.29, 1.82) is 0 Å². The molecule has 0 saturated carbocycles. The fraction of sp³-hybridized carbons (Fsp3) is 0. The van der Waals surface area contributed by atoms with Crippen LogP contribution in [0.1, 0.15) is 0 Å². The van der Waals surface area contributed by atoms with Gasteiger partial charge in [-0.25, -0.2) is 0 Å². The summed E-state index contributed by atoms with van der Waals surface area (Å²) in [5.41, 5.74) is 0. The van der Waals surface area contributed by atoms with Crippen LogP contribution in [0.25, 0.3) is 41.7 Å². The largest absolute Gasteiger partial charge is 0.135 e. The second-order valence-electron chi connectivity index (χ2n) is 5.57. The minimum Gasteiger partial charge on any atom is -0.135 e. The van der Waals surface area contributed by atoms with Gasteiger partial charge in [-0.2, -0.15) is 0 Å². The Balaban J connectivity index is 2.16. The van der Waals surface area contributed by atoms with Gasteiger partial charge in [-0.05, 0) is 45.8 Å². The number of rotatable bonds is 0. The van der Waals surface area contributed by atoms with Gasteiger partial charge in [0.2, 0.25) is 0 Å². The van der Waals surface area contributed by atoms with Gasteiger partial charge in [0.05, 0.1) is 0 Å². The topological polar surface area (TPSA) is 0 Å². The Bertz CT molecular complexity index is 1180. The zero-order valence-corrected chi connectivity index (χ0v) is 13.2. The van der Waals surface area contributed by atoms with E-state index in [2.05, 4.69) is 60.7 Å². The van der Waals surface area contributed by atoms with Crippen molar-refractivity contribution < 1.29 is 0 Å². The monoisotopic (exact) mass is 318 g/mol. The van der Waals surface area contributed by atoms with Gasteiger partial charge in [0.15, 0.2) is 0 Å². The highest BCUT2D eigenvalue weighted by atomic mass is 35.5. The summed E-state index contributed by atoms with van der Waals surface area (Å²) in [6, 6.07) is 23.7. The van der Waals surface area contributed by atoms with Crippen LogP contribution in [0, 0.1) is 0 Å². The van der Waals surface area contributed by atoms with Crippen molar-refractivity contribution in [2.75, 3.05) is 0 Å². The predicted octanol–water partition coefficient (Wildman–Crippen LogP) is 7.01. The molecule has 5 aromatic rings. The van der Waals surface area contributed by atoms with E-state index in [9.17, 15) is 0 Å². The molecule has 0 amide bonds. The van der Waals surface area contributed by atoms with Crippen LogP contribution >= 0.6 is 22.9 Å². The van der Waals surface area contributed by atoms with Gasteiger partial charge in [0, 0.05) is 25.2 Å². The summed E-state index contributed by atoms with van der Waals surface area (Å²) in [4.78, 5) is 0. The van der Waals surface area contributed by atoms with E-state index in [4.69, 9.17) is 11.6 Å². The number of thiophene rings is 1. The highest BCUT2D eigenvalue weighted by Crippen LogP contribution is 2.41. The number of halogens is 1. The van der Waals surface area contributed by atoms with Gasteiger partial charge in [0.1, 0.15) is 0 Å². The molecule has 0 aliphatic carbocycles. The minimum absolute atomic E-state index is 0.796. The molecule has 22 heavy (non-hydrogen) atoms. The van der Waals surface area contributed by atoms with Gasteiger partial charge in [-0.15, -0.1) is 11.3 Å². The van der Waals surface area contributed by atoms with E-state index < -0.39 is 0 Å². The Labute approximate surface area is 136 Å². The summed E-state index contributed by atoms with van der Waals surface area (Å²) in [7, 11) is 0. The summed E-state index contributed by atoms with van der Waals surface area (Å²) in [5.74, 6) is 0. The Morgan fingerprint density at radius 1 is 0.636 bits per heavy atom. The second-order valence-corrected chi connectivity index (χ2v) is 7.09. The third-order valence-corrected chi connectivity index (χ3v) is 5.67. The predicted molar refractivity (Wildman–Crippen MR) is 99.4 cm³/mol. The molecule has 0 saturated heterocycles. The molecule has 0 aliphatic heterocycles. The summed E-state index contributed by atoms with van der Waals surface area (Å²) < 4.78 is 2.61. The summed E-state index contributed by atoms with van der Waals surface area (Å²) >= 11 is 8.09. The third kappa shape index (κ3) is 1.64. The molecule has 1 aromatic heterocycles. The average molecular weight is 319 g/mol. The van der Waals surface area contributed by atoms with Crippen LogP contribution in [0.15, 0.2) is 66.7 Å². The molecule has 0 nitrogen and oxygen atoms in total. The maximum absolute atomic E-state index is 6.25. The van der Waals surface area contributed by atoms with Crippen LogP contribution in [0.4, 0.5) is 0 Å². The lowest BCUT2D eigenvalue weighted by Gasteiger charge is -2.06. The normalized spacial score (nSPS) is 11.9. The molecule has 4 aromatic carbocycles. The number of hydrogen-bond acceptors (Lipinski definition) is 1. The lowest BCUT2D eigenvalue weighted by Crippen LogP contribution is -1.79. The van der Waals surface area contributed by atoms with Gasteiger partial charge in [-0.1, -0.05) is 54.1 Å². The van der Waals surface area contributed by atoms with Gasteiger partial charge in [-0.3, -0.25) is 0 Å². The van der Waals surface area contributed by atoms with E-state index in [0.717, 1.165) is 5.02 Å². The maximum atomic E-state index is 6.25. The highest BCUT2D eigenvalue weighted by Gasteiger charge is 2.11. The molecule has 0 aliphatic rings. The molecule has 0 N–H and O–H groups in total. The van der Waals surface area contributed by atoms with Crippen LogP contribution in [-0.4, -0.2) is 0 Å². The average Bonchev–Trinajstić information content (AvgIpc) is 2.92. The fourth-order valence-corrected chi connectivity index (χ4v) is 4.60. The van der Waals surface area contributed by atoms with Crippen LogP contribution < -0.4 is 0 Å². The summed E-state index contributed by atoms with van der Waals surface area (Å²) in [6.45, 7) is 0. The van der Waals surface area contributed by atoms with Gasteiger partial charge >= 0.3 is 0 Å². The van der Waals surface area contributed by atoms with E-state index in [1.807, 2.05) is 17.4 Å². The molecular weight excluding hydrogens is 308 g/mol. The van der Waals surface area contributed by atoms with Crippen molar-refractivity contribution in [3.8, 4) is 0 Å². The van der Waals surface area contributed by atoms with Gasteiger partial charge < -0.3 is 0 Å². The summed E-state index contributed by atoms with van der Waals surface area (Å²) in [5, 5.41) is 8.60. The standard InChI is InChI=1S/C20H11ClS/c21-14-8-10-17-16(11-14)20-18(22-17)9-7-13-6-5-12-3-1-2-4-15(12)19(13)20/h1-11H. The van der Waals surface area contributed by atoms with E-state index in [0.29, 0.717) is 0 Å². The van der Waals surface area contributed by atoms with Crippen molar-refractivity contribution in [3.63, 3.8) is 0 Å². The van der Waals surface area contributed by atoms with E-state index in [-0.39, 0.29) is 0 Å². The first-order valence-electron chi connectivity index (χ1n) is 7.23. The molecule has 0 bridgehead atoms. The zero-order valence-electron chi connectivity index (χ0n) is 11.6. The van der Waals surface area contributed by atoms with Crippen LogP contribution in [0.5, 0.6) is 0 Å². The van der Waals surface area contributed by atoms with E-state index in [1.54, 1.807) is 0 Å². The van der Waals surface area contributed by atoms with Gasteiger partial charge in [0.25, 0.3) is 0 Å². The SMILES string of the molecule is Clc1ccc2sc3ccc4ccc5ccccc5c4c3c2c1. The van der Waals surface area contributed by atoms with E-state index >= 15 is 0 Å². The summed E-state index contributed by atoms with van der Waals surface area (Å²) in [6.07, 6.45) is 0. The number of benzene rings is 4. The third-order valence-electron chi connectivity index (χ3n) is 4.30. The number of fused-ring (bicyclic) bond motifs is 7. The lowest BCUT2D eigenvalue weighted by atomic mass is 9.98. The molecule has 0 spiro atoms. The lowest BCUT2D eigenvalue weighted by molar-refractivity contribution is 1.80. The van der Waals surface area contributed by atoms with Crippen LogP contribution in [-0.2, 0) is 0 Å². The molecule has 5 rings (SSSR count). The smallest absolute Gasteiger partial charge is 0.0413 e. The first-order chi connectivity index (χ1) is 10.8. The molecule has 0 atom stereocenters. The molecule has 2 heteroatoms. The van der Waals surface area contributed by atoms with Crippen molar-refractivity contribution >= 4 is 64.7 Å². The molecule has 104 valence electrons. The zero-order chi connectivity index (χ0) is 14.7. The quantitative estimate of drug-likeness (QED) is 0.269. The van der Waals surface area contributed by atoms with Crippen LogP contribution in [0.2, 0.25) is 5.02 Å². The Morgan fingerprint density at radius 3 is 2.36 bits per heavy atom. The van der Waals surface area contributed by atoms with E-state index in [1.165, 1.54) is 41.7 Å². The Morgan fingerprint density at radius 2 is 1.41 bits per heavy atom. The highest BCUT2D eigenvalue weighted by molar-refractivity contribution is 7.26. The van der Waals surface area contributed by atoms with Crippen molar-refractivity contribution in [1.82, 2.24) is 0 Å². The fourth-order valence-electron chi connectivity index (χ4n) is 3.34. The first-order valence-corrected chi connectivity index (χ1v) is 8.43. The molecule has 0 unspecified atom stereocenters.